The first-order valence-corrected chi connectivity index (χ1v) is 0. The molecule has 0 aliphatic heterocycles. The molecule has 0 fully saturated rings. The fourth-order valence-electron chi connectivity index (χ4n) is 0. The minimum atomic E-state index is 0. The summed E-state index contributed by atoms with van der Waals surface area (Å²) in [4.78, 5) is 0. The van der Waals surface area contributed by atoms with Gasteiger partial charge in [0, 0.05) is 25.5 Å². The van der Waals surface area contributed by atoms with Crippen molar-refractivity contribution in [1.82, 2.24) is 0 Å². The summed E-state index contributed by atoms with van der Waals surface area (Å²) in [5, 5.41) is 0. The van der Waals surface area contributed by atoms with E-state index >= 15 is 0 Å². The van der Waals surface area contributed by atoms with Crippen LogP contribution in [0.15, 0.2) is 0 Å². The van der Waals surface area contributed by atoms with Crippen LogP contribution in [0.2, 0.25) is 0 Å². The third kappa shape index (κ3) is 8.83. The van der Waals surface area contributed by atoms with Gasteiger partial charge in [0.1, 0.15) is 0 Å². The predicted octanol–water partition coefficient (Wildman–Crippen LogP) is -1.72. The molecule has 4 heteroatoms. The predicted molar refractivity (Wildman–Crippen MR) is 23.7 cm³/mol. The van der Waals surface area contributed by atoms with Crippen molar-refractivity contribution in [3.05, 3.63) is 0 Å². The first-order chi connectivity index (χ1) is 0. The summed E-state index contributed by atoms with van der Waals surface area (Å²) in [5.41, 5.74) is 0. The quantitative estimate of drug-likeness (QED) is 0.357. The summed E-state index contributed by atoms with van der Waals surface area (Å²) < 4.78 is 0. The summed E-state index contributed by atoms with van der Waals surface area (Å²) >= 11 is 0. The zero-order valence-corrected chi connectivity index (χ0v) is 4.74. The third-order valence-electron chi connectivity index (χ3n) is 0. The van der Waals surface area contributed by atoms with Gasteiger partial charge in [-0.15, -0.1) is 0 Å². The van der Waals surface area contributed by atoms with Gasteiger partial charge >= 0.3 is 37.7 Å². The molecule has 0 spiro atoms. The van der Waals surface area contributed by atoms with Gasteiger partial charge in [0.2, 0.25) is 0 Å². The summed E-state index contributed by atoms with van der Waals surface area (Å²) in [6.07, 6.45) is 0. The van der Waals surface area contributed by atoms with E-state index < -0.39 is 0 Å². The summed E-state index contributed by atoms with van der Waals surface area (Å²) in [5.74, 6) is 0. The van der Waals surface area contributed by atoms with Crippen LogP contribution < -0.4 is 0 Å². The summed E-state index contributed by atoms with van der Waals surface area (Å²) in [6.45, 7) is 0. The minimum Gasteiger partial charge on any atom is -1.00 e. The van der Waals surface area contributed by atoms with Crippen molar-refractivity contribution in [3.63, 3.8) is 0 Å². The molecule has 0 rings (SSSR count). The van der Waals surface area contributed by atoms with Crippen LogP contribution in [0, 0.1) is 0 Å². The normalized spacial score (nSPS) is 0. The molecule has 0 aromatic rings. The zero-order chi connectivity index (χ0) is 0. The molecule has 0 heterocycles. The molecule has 0 unspecified atom stereocenters. The van der Waals surface area contributed by atoms with Gasteiger partial charge in [0.15, 0.2) is 17.4 Å². The summed E-state index contributed by atoms with van der Waals surface area (Å²) in [7, 11) is 0. The number of hydrogen-bond acceptors (Lipinski definition) is 0. The molecule has 0 aromatic heterocycles. The second kappa shape index (κ2) is 18.2. The molecule has 0 aliphatic carbocycles. The largest absolute Gasteiger partial charge is 2.00 e. The molecule has 4 heavy (non-hydrogen) atoms. The zero-order valence-electron chi connectivity index (χ0n) is 3.59. The van der Waals surface area contributed by atoms with E-state index in [1.807, 2.05) is 0 Å². The van der Waals surface area contributed by atoms with E-state index in [1.54, 1.807) is 0 Å². The first kappa shape index (κ1) is 32.6. The van der Waals surface area contributed by atoms with Gasteiger partial charge in [-0.05, 0) is 0 Å². The Balaban J connectivity index is 0. The van der Waals surface area contributed by atoms with Crippen molar-refractivity contribution >= 4 is 63.5 Å². The van der Waals surface area contributed by atoms with E-state index in [4.69, 9.17) is 0 Å². The SMILES string of the molecule is [AlH3].[B].[Ca+2].[Cu].[H-].[H-]. The van der Waals surface area contributed by atoms with Crippen LogP contribution in [-0.2, 0) is 17.1 Å². The van der Waals surface area contributed by atoms with Gasteiger partial charge in [-0.25, -0.2) is 0 Å². The van der Waals surface area contributed by atoms with Crippen molar-refractivity contribution in [2.75, 3.05) is 0 Å². The molecule has 0 aliphatic rings. The van der Waals surface area contributed by atoms with Crippen molar-refractivity contribution in [2.45, 2.75) is 0 Å². The van der Waals surface area contributed by atoms with Crippen LogP contribution in [0.3, 0.4) is 0 Å². The van der Waals surface area contributed by atoms with Crippen molar-refractivity contribution in [3.8, 4) is 0 Å². The third-order valence-corrected chi connectivity index (χ3v) is 0. The molecular weight excluding hydrogens is 141 g/mol. The molecule has 0 saturated heterocycles. The van der Waals surface area contributed by atoms with Gasteiger partial charge in [0.05, 0.1) is 0 Å². The van der Waals surface area contributed by atoms with E-state index in [2.05, 4.69) is 0 Å². The van der Waals surface area contributed by atoms with E-state index in [1.165, 1.54) is 0 Å². The molecule has 24 valence electrons. The Kier molecular flexibility index (Phi) is 149. The molecule has 0 nitrogen and oxygen atoms in total. The molecule has 0 saturated carbocycles. The van der Waals surface area contributed by atoms with Crippen LogP contribution >= 0.6 is 0 Å². The standard InChI is InChI=1S/Al.B.Ca.Cu.5H/q;;+2;;;;;2*-1. The van der Waals surface area contributed by atoms with E-state index in [9.17, 15) is 0 Å². The maximum atomic E-state index is 0. The molecule has 0 N–H and O–H groups in total. The van der Waals surface area contributed by atoms with Crippen molar-refractivity contribution in [2.24, 2.45) is 0 Å². The van der Waals surface area contributed by atoms with Crippen molar-refractivity contribution < 1.29 is 19.9 Å². The smallest absolute Gasteiger partial charge is 1.00 e. The Labute approximate surface area is 82.2 Å². The van der Waals surface area contributed by atoms with Crippen LogP contribution in [0.1, 0.15) is 2.85 Å². The second-order valence-corrected chi connectivity index (χ2v) is 0. The molecule has 0 aromatic carbocycles. The minimum absolute atomic E-state index is 0. The number of rotatable bonds is 0. The molecule has 4 radical (unpaired) electrons. The molecule has 0 amide bonds. The van der Waals surface area contributed by atoms with Gasteiger partial charge in [-0.2, -0.15) is 0 Å². The van der Waals surface area contributed by atoms with E-state index in [0.29, 0.717) is 0 Å². The summed E-state index contributed by atoms with van der Waals surface area (Å²) in [6, 6.07) is 0. The van der Waals surface area contributed by atoms with Crippen LogP contribution in [0.5, 0.6) is 0 Å². The van der Waals surface area contributed by atoms with Crippen LogP contribution in [-0.4, -0.2) is 63.5 Å². The monoisotopic (exact) mass is 146 g/mol. The molecule has 0 bridgehead atoms. The number of hydrogen-bond donors (Lipinski definition) is 0. The molecule has 0 atom stereocenters. The van der Waals surface area contributed by atoms with Gasteiger partial charge in [0.25, 0.3) is 0 Å². The Hall–Kier alpha value is 2.38. The Morgan fingerprint density at radius 3 is 1.25 bits per heavy atom. The Morgan fingerprint density at radius 1 is 1.25 bits per heavy atom. The maximum absolute atomic E-state index is 0. The van der Waals surface area contributed by atoms with Crippen LogP contribution in [0.4, 0.5) is 0 Å². The average Bonchev–Trinajstić information content (AvgIpc) is 0. The van der Waals surface area contributed by atoms with E-state index in [0.717, 1.165) is 0 Å². The second-order valence-electron chi connectivity index (χ2n) is 0. The van der Waals surface area contributed by atoms with Crippen molar-refractivity contribution in [1.29, 1.82) is 0 Å². The Bertz CT molecular complexity index is 13.5. The first-order valence-electron chi connectivity index (χ1n) is 0. The maximum Gasteiger partial charge on any atom is 2.00 e. The van der Waals surface area contributed by atoms with Crippen LogP contribution in [0.25, 0.3) is 0 Å². The van der Waals surface area contributed by atoms with Gasteiger partial charge in [-0.3, -0.25) is 0 Å². The van der Waals surface area contributed by atoms with Gasteiger partial charge < -0.3 is 2.85 Å². The average molecular weight is 146 g/mol. The van der Waals surface area contributed by atoms with E-state index in [-0.39, 0.29) is 83.4 Å². The Morgan fingerprint density at radius 2 is 1.25 bits per heavy atom. The molecular formula is H5AlBCaCu. The van der Waals surface area contributed by atoms with Gasteiger partial charge in [-0.1, -0.05) is 0 Å². The fourth-order valence-corrected chi connectivity index (χ4v) is 0. The fraction of sp³-hybridized carbons (Fsp3) is 0. The topological polar surface area (TPSA) is 0 Å².